The summed E-state index contributed by atoms with van der Waals surface area (Å²) in [5.74, 6) is 0. The van der Waals surface area contributed by atoms with E-state index in [1.54, 1.807) is 0 Å². The summed E-state index contributed by atoms with van der Waals surface area (Å²) in [4.78, 5) is 4.89. The van der Waals surface area contributed by atoms with Crippen molar-refractivity contribution >= 4 is 0 Å². The summed E-state index contributed by atoms with van der Waals surface area (Å²) in [7, 11) is 4.36. The van der Waals surface area contributed by atoms with Gasteiger partial charge >= 0.3 is 0 Å². The van der Waals surface area contributed by atoms with E-state index in [4.69, 9.17) is 0 Å². The second-order valence-electron chi connectivity index (χ2n) is 6.21. The van der Waals surface area contributed by atoms with Gasteiger partial charge in [0.05, 0.1) is 12.2 Å². The molecule has 1 N–H and O–H groups in total. The van der Waals surface area contributed by atoms with Crippen LogP contribution in [-0.2, 0) is 13.1 Å². The maximum Gasteiger partial charge on any atom is 0.0964 e. The maximum absolute atomic E-state index is 4.22. The van der Waals surface area contributed by atoms with Crippen molar-refractivity contribution < 1.29 is 0 Å². The highest BCUT2D eigenvalue weighted by Gasteiger charge is 2.20. The van der Waals surface area contributed by atoms with E-state index in [1.807, 2.05) is 4.68 Å². The lowest BCUT2D eigenvalue weighted by atomic mass is 10.1. The van der Waals surface area contributed by atoms with Gasteiger partial charge in [0.1, 0.15) is 0 Å². The molecule has 1 aliphatic heterocycles. The van der Waals surface area contributed by atoms with E-state index in [0.717, 1.165) is 38.3 Å². The minimum absolute atomic E-state index is 0.698. The molecule has 1 aromatic rings. The Labute approximate surface area is 128 Å². The topological polar surface area (TPSA) is 49.2 Å². The molecule has 0 aromatic carbocycles. The second kappa shape index (κ2) is 8.46. The number of likely N-dealkylation sites (tertiary alicyclic amines) is 1. The predicted molar refractivity (Wildman–Crippen MR) is 85.2 cm³/mol. The lowest BCUT2D eigenvalue weighted by Crippen LogP contribution is -2.45. The fourth-order valence-electron chi connectivity index (χ4n) is 2.82. The fraction of sp³-hybridized carbons (Fsp3) is 0.867. The minimum Gasteiger partial charge on any atom is -0.311 e. The Morgan fingerprint density at radius 1 is 1.38 bits per heavy atom. The van der Waals surface area contributed by atoms with Gasteiger partial charge in [-0.05, 0) is 46.4 Å². The van der Waals surface area contributed by atoms with Gasteiger partial charge in [0.15, 0.2) is 0 Å². The van der Waals surface area contributed by atoms with Crippen LogP contribution in [0.15, 0.2) is 6.20 Å². The Hall–Kier alpha value is -0.980. The zero-order valence-corrected chi connectivity index (χ0v) is 13.8. The molecule has 1 atom stereocenters. The third-order valence-corrected chi connectivity index (χ3v) is 4.18. The summed E-state index contributed by atoms with van der Waals surface area (Å²) in [6.07, 6.45) is 5.83. The number of piperidine rings is 1. The van der Waals surface area contributed by atoms with Crippen LogP contribution >= 0.6 is 0 Å². The van der Waals surface area contributed by atoms with Crippen molar-refractivity contribution in [1.82, 2.24) is 30.1 Å². The van der Waals surface area contributed by atoms with Crippen LogP contribution in [0, 0.1) is 0 Å². The van der Waals surface area contributed by atoms with Gasteiger partial charge in [-0.2, -0.15) is 0 Å². The smallest absolute Gasteiger partial charge is 0.0964 e. The molecule has 120 valence electrons. The first kappa shape index (κ1) is 16.4. The van der Waals surface area contributed by atoms with Crippen LogP contribution in [0.1, 0.15) is 31.9 Å². The zero-order chi connectivity index (χ0) is 15.1. The highest BCUT2D eigenvalue weighted by molar-refractivity contribution is 4.91. The number of nitrogens with zero attached hydrogens (tertiary/aromatic N) is 5. The molecule has 1 aliphatic rings. The molecule has 2 heterocycles. The maximum atomic E-state index is 4.22. The summed E-state index contributed by atoms with van der Waals surface area (Å²) in [5.41, 5.74) is 1.04. The van der Waals surface area contributed by atoms with E-state index >= 15 is 0 Å². The highest BCUT2D eigenvalue weighted by Crippen LogP contribution is 2.13. The highest BCUT2D eigenvalue weighted by atomic mass is 15.4. The number of likely N-dealkylation sites (N-methyl/N-ethyl adjacent to an activating group) is 1. The molecular weight excluding hydrogens is 264 g/mol. The average Bonchev–Trinajstić information content (AvgIpc) is 2.94. The molecule has 0 amide bonds. The van der Waals surface area contributed by atoms with E-state index in [2.05, 4.69) is 52.6 Å². The van der Waals surface area contributed by atoms with Gasteiger partial charge in [0.2, 0.25) is 0 Å². The summed E-state index contributed by atoms with van der Waals surface area (Å²) in [6, 6.07) is 0.698. The molecular formula is C15H30N6. The van der Waals surface area contributed by atoms with Crippen molar-refractivity contribution in [3.8, 4) is 0 Å². The first-order valence-electron chi connectivity index (χ1n) is 8.17. The molecule has 1 unspecified atom stereocenters. The van der Waals surface area contributed by atoms with E-state index < -0.39 is 0 Å². The molecule has 0 saturated carbocycles. The molecule has 6 nitrogen and oxygen atoms in total. The van der Waals surface area contributed by atoms with Gasteiger partial charge in [-0.25, -0.2) is 0 Å². The van der Waals surface area contributed by atoms with E-state index in [1.165, 1.54) is 25.9 Å². The Kier molecular flexibility index (Phi) is 6.60. The standard InChI is InChI=1S/C15H30N6/c1-4-7-16-11-14-12-21(18-17-14)10-9-20-8-5-6-15(13-20)19(2)3/h12,15-16H,4-11,13H2,1-3H3. The van der Waals surface area contributed by atoms with Gasteiger partial charge in [0.25, 0.3) is 0 Å². The van der Waals surface area contributed by atoms with E-state index in [-0.39, 0.29) is 0 Å². The number of aromatic nitrogens is 3. The predicted octanol–water partition coefficient (Wildman–Crippen LogP) is 0.804. The zero-order valence-electron chi connectivity index (χ0n) is 13.8. The summed E-state index contributed by atoms with van der Waals surface area (Å²) >= 11 is 0. The molecule has 1 fully saturated rings. The van der Waals surface area contributed by atoms with E-state index in [9.17, 15) is 0 Å². The fourth-order valence-corrected chi connectivity index (χ4v) is 2.82. The van der Waals surface area contributed by atoms with Gasteiger partial charge < -0.3 is 10.2 Å². The Morgan fingerprint density at radius 3 is 3.00 bits per heavy atom. The third-order valence-electron chi connectivity index (χ3n) is 4.18. The van der Waals surface area contributed by atoms with Crippen molar-refractivity contribution in [2.75, 3.05) is 40.3 Å². The summed E-state index contributed by atoms with van der Waals surface area (Å²) in [5, 5.41) is 11.8. The van der Waals surface area contributed by atoms with Gasteiger partial charge in [-0.3, -0.25) is 9.58 Å². The van der Waals surface area contributed by atoms with Crippen molar-refractivity contribution in [3.63, 3.8) is 0 Å². The number of rotatable bonds is 8. The molecule has 2 rings (SSSR count). The largest absolute Gasteiger partial charge is 0.311 e. The van der Waals surface area contributed by atoms with Gasteiger partial charge in [0, 0.05) is 31.9 Å². The van der Waals surface area contributed by atoms with E-state index in [0.29, 0.717) is 6.04 Å². The first-order chi connectivity index (χ1) is 10.2. The molecule has 1 saturated heterocycles. The van der Waals surface area contributed by atoms with Crippen molar-refractivity contribution in [2.45, 2.75) is 45.3 Å². The van der Waals surface area contributed by atoms with Gasteiger partial charge in [-0.15, -0.1) is 5.10 Å². The lowest BCUT2D eigenvalue weighted by molar-refractivity contribution is 0.129. The number of hydrogen-bond donors (Lipinski definition) is 1. The minimum atomic E-state index is 0.698. The number of hydrogen-bond acceptors (Lipinski definition) is 5. The first-order valence-corrected chi connectivity index (χ1v) is 8.17. The van der Waals surface area contributed by atoms with Crippen LogP contribution in [-0.4, -0.2) is 71.1 Å². The van der Waals surface area contributed by atoms with Crippen molar-refractivity contribution in [1.29, 1.82) is 0 Å². The van der Waals surface area contributed by atoms with Crippen LogP contribution < -0.4 is 5.32 Å². The molecule has 0 bridgehead atoms. The monoisotopic (exact) mass is 294 g/mol. The normalized spacial score (nSPS) is 20.3. The van der Waals surface area contributed by atoms with Crippen molar-refractivity contribution in [3.05, 3.63) is 11.9 Å². The average molecular weight is 294 g/mol. The molecule has 1 aromatic heterocycles. The Bertz CT molecular complexity index is 403. The third kappa shape index (κ3) is 5.37. The molecule has 6 heteroatoms. The Balaban J connectivity index is 1.72. The molecule has 0 aliphatic carbocycles. The Morgan fingerprint density at radius 2 is 2.24 bits per heavy atom. The second-order valence-corrected chi connectivity index (χ2v) is 6.21. The van der Waals surface area contributed by atoms with Crippen LogP contribution in [0.2, 0.25) is 0 Å². The summed E-state index contributed by atoms with van der Waals surface area (Å²) in [6.45, 7) is 8.41. The van der Waals surface area contributed by atoms with Crippen LogP contribution in [0.3, 0.4) is 0 Å². The molecule has 0 radical (unpaired) electrons. The van der Waals surface area contributed by atoms with Gasteiger partial charge in [-0.1, -0.05) is 12.1 Å². The molecule has 0 spiro atoms. The van der Waals surface area contributed by atoms with Crippen LogP contribution in [0.4, 0.5) is 0 Å². The van der Waals surface area contributed by atoms with Crippen LogP contribution in [0.25, 0.3) is 0 Å². The quantitative estimate of drug-likeness (QED) is 0.719. The SMILES string of the molecule is CCCNCc1cn(CCN2CCCC(N(C)C)C2)nn1. The lowest BCUT2D eigenvalue weighted by Gasteiger charge is -2.36. The molecule has 21 heavy (non-hydrogen) atoms. The number of nitrogens with one attached hydrogen (secondary N) is 1. The van der Waals surface area contributed by atoms with Crippen molar-refractivity contribution in [2.24, 2.45) is 0 Å². The summed E-state index contributed by atoms with van der Waals surface area (Å²) < 4.78 is 1.97. The van der Waals surface area contributed by atoms with Crippen LogP contribution in [0.5, 0.6) is 0 Å².